The van der Waals surface area contributed by atoms with E-state index >= 15 is 0 Å². The Morgan fingerprint density at radius 3 is 1.82 bits per heavy atom. The zero-order valence-electron chi connectivity index (χ0n) is 20.3. The fourth-order valence-electron chi connectivity index (χ4n) is 4.90. The third-order valence-electron chi connectivity index (χ3n) is 6.74. The molecule has 0 amide bonds. The van der Waals surface area contributed by atoms with E-state index in [4.69, 9.17) is 21.6 Å². The Hall–Kier alpha value is -4.31. The van der Waals surface area contributed by atoms with Gasteiger partial charge < -0.3 is 0 Å². The summed E-state index contributed by atoms with van der Waals surface area (Å²) in [4.78, 5) is 10.2. The molecular formula is C34H21ClN2S. The summed E-state index contributed by atoms with van der Waals surface area (Å²) in [6.07, 6.45) is 0. The maximum atomic E-state index is 6.26. The Morgan fingerprint density at radius 1 is 0.500 bits per heavy atom. The van der Waals surface area contributed by atoms with Gasteiger partial charge in [-0.3, -0.25) is 0 Å². The van der Waals surface area contributed by atoms with Gasteiger partial charge in [-0.25, -0.2) is 9.97 Å². The molecular weight excluding hydrogens is 504 g/mol. The van der Waals surface area contributed by atoms with Crippen LogP contribution in [0.2, 0.25) is 5.02 Å². The number of hydrogen-bond acceptors (Lipinski definition) is 3. The molecule has 5 aromatic carbocycles. The van der Waals surface area contributed by atoms with Gasteiger partial charge in [0.25, 0.3) is 0 Å². The second kappa shape index (κ2) is 9.53. The molecule has 0 spiro atoms. The van der Waals surface area contributed by atoms with Crippen molar-refractivity contribution in [2.24, 2.45) is 0 Å². The largest absolute Gasteiger partial charge is 0.226 e. The first-order chi connectivity index (χ1) is 18.7. The van der Waals surface area contributed by atoms with Crippen LogP contribution in [0.1, 0.15) is 0 Å². The molecule has 2 nitrogen and oxygen atoms in total. The van der Waals surface area contributed by atoms with E-state index in [0.717, 1.165) is 60.1 Å². The number of fused-ring (bicyclic) bond motifs is 3. The average Bonchev–Trinajstić information content (AvgIpc) is 3.36. The first kappa shape index (κ1) is 22.9. The van der Waals surface area contributed by atoms with Gasteiger partial charge in [0.2, 0.25) is 0 Å². The molecule has 0 aliphatic heterocycles. The minimum absolute atomic E-state index is 0.736. The number of nitrogens with zero attached hydrogens (tertiary/aromatic N) is 2. The maximum Gasteiger partial charge on any atom is 0.160 e. The third-order valence-corrected chi connectivity index (χ3v) is 8.14. The van der Waals surface area contributed by atoms with E-state index in [2.05, 4.69) is 91.0 Å². The number of rotatable bonds is 4. The summed E-state index contributed by atoms with van der Waals surface area (Å²) in [5, 5.41) is 1.90. The number of aromatic nitrogens is 2. The van der Waals surface area contributed by atoms with E-state index in [0.29, 0.717) is 0 Å². The molecule has 0 unspecified atom stereocenters. The molecule has 2 aromatic heterocycles. The highest BCUT2D eigenvalue weighted by molar-refractivity contribution is 7.26. The van der Waals surface area contributed by atoms with Crippen molar-refractivity contribution in [3.8, 4) is 44.9 Å². The highest BCUT2D eigenvalue weighted by Gasteiger charge is 2.17. The van der Waals surface area contributed by atoms with Gasteiger partial charge in [-0.15, -0.1) is 11.3 Å². The predicted molar refractivity (Wildman–Crippen MR) is 162 cm³/mol. The first-order valence-electron chi connectivity index (χ1n) is 12.4. The molecule has 0 atom stereocenters. The summed E-state index contributed by atoms with van der Waals surface area (Å²) in [5.74, 6) is 0.741. The van der Waals surface area contributed by atoms with Gasteiger partial charge in [0, 0.05) is 26.2 Å². The van der Waals surface area contributed by atoms with Crippen molar-refractivity contribution in [2.45, 2.75) is 0 Å². The van der Waals surface area contributed by atoms with E-state index in [-0.39, 0.29) is 0 Å². The lowest BCUT2D eigenvalue weighted by atomic mass is 9.97. The second-order valence-corrected chi connectivity index (χ2v) is 10.7. The van der Waals surface area contributed by atoms with Gasteiger partial charge in [-0.05, 0) is 52.6 Å². The monoisotopic (exact) mass is 524 g/mol. The molecule has 0 fully saturated rings. The summed E-state index contributed by atoms with van der Waals surface area (Å²) in [5.41, 5.74) is 8.57. The molecule has 0 bridgehead atoms. The van der Waals surface area contributed by atoms with Crippen molar-refractivity contribution in [1.29, 1.82) is 0 Å². The van der Waals surface area contributed by atoms with Crippen LogP contribution in [0.4, 0.5) is 0 Å². The Morgan fingerprint density at radius 2 is 1.08 bits per heavy atom. The van der Waals surface area contributed by atoms with E-state index in [1.54, 1.807) is 11.3 Å². The van der Waals surface area contributed by atoms with Gasteiger partial charge in [-0.2, -0.15) is 0 Å². The Labute approximate surface area is 229 Å². The standard InChI is InChI=1S/C34H21ClN2S/c35-28-16-8-14-26(21-28)24-12-6-11-23(19-24)25-13-7-15-27(20-25)31-33-32(29-17-4-5-18-30(29)38-33)37-34(36-31)22-9-2-1-3-10-22/h1-21H. The molecule has 180 valence electrons. The van der Waals surface area contributed by atoms with Crippen LogP contribution in [0, 0.1) is 0 Å². The minimum atomic E-state index is 0.736. The fourth-order valence-corrected chi connectivity index (χ4v) is 6.24. The van der Waals surface area contributed by atoms with Crippen molar-refractivity contribution >= 4 is 43.2 Å². The van der Waals surface area contributed by atoms with Crippen LogP contribution in [0.15, 0.2) is 127 Å². The zero-order valence-corrected chi connectivity index (χ0v) is 21.9. The SMILES string of the molecule is Clc1cccc(-c2cccc(-c3cccc(-c4nc(-c5ccccc5)nc5c4sc4ccccc45)c3)c2)c1. The van der Waals surface area contributed by atoms with Crippen LogP contribution < -0.4 is 0 Å². The second-order valence-electron chi connectivity index (χ2n) is 9.21. The summed E-state index contributed by atoms with van der Waals surface area (Å²) in [7, 11) is 0. The Kier molecular flexibility index (Phi) is 5.73. The molecule has 0 aliphatic rings. The molecule has 0 aliphatic carbocycles. The highest BCUT2D eigenvalue weighted by atomic mass is 35.5. The molecule has 2 heterocycles. The first-order valence-corrected chi connectivity index (χ1v) is 13.6. The molecule has 0 saturated carbocycles. The molecule has 7 aromatic rings. The number of benzene rings is 5. The lowest BCUT2D eigenvalue weighted by Crippen LogP contribution is -1.93. The van der Waals surface area contributed by atoms with Crippen molar-refractivity contribution in [1.82, 2.24) is 9.97 Å². The number of hydrogen-bond donors (Lipinski definition) is 0. The third kappa shape index (κ3) is 4.16. The molecule has 4 heteroatoms. The maximum absolute atomic E-state index is 6.26. The van der Waals surface area contributed by atoms with Crippen molar-refractivity contribution in [3.63, 3.8) is 0 Å². The summed E-state index contributed by atoms with van der Waals surface area (Å²) in [6.45, 7) is 0. The van der Waals surface area contributed by atoms with Gasteiger partial charge in [0.05, 0.1) is 15.9 Å². The van der Waals surface area contributed by atoms with Crippen molar-refractivity contribution in [2.75, 3.05) is 0 Å². The molecule has 0 N–H and O–H groups in total. The lowest BCUT2D eigenvalue weighted by molar-refractivity contribution is 1.24. The molecule has 0 radical (unpaired) electrons. The Bertz CT molecular complexity index is 1940. The van der Waals surface area contributed by atoms with Crippen LogP contribution in [0.3, 0.4) is 0 Å². The van der Waals surface area contributed by atoms with Crippen LogP contribution in [-0.4, -0.2) is 9.97 Å². The van der Waals surface area contributed by atoms with Gasteiger partial charge in [0.15, 0.2) is 5.82 Å². The minimum Gasteiger partial charge on any atom is -0.226 e. The van der Waals surface area contributed by atoms with E-state index in [9.17, 15) is 0 Å². The van der Waals surface area contributed by atoms with E-state index in [1.807, 2.05) is 36.4 Å². The quantitative estimate of drug-likeness (QED) is 0.229. The summed E-state index contributed by atoms with van der Waals surface area (Å²) in [6, 6.07) is 43.9. The van der Waals surface area contributed by atoms with Crippen LogP contribution in [0.25, 0.3) is 65.2 Å². The van der Waals surface area contributed by atoms with Crippen LogP contribution in [0.5, 0.6) is 0 Å². The smallest absolute Gasteiger partial charge is 0.160 e. The van der Waals surface area contributed by atoms with Crippen LogP contribution >= 0.6 is 22.9 Å². The summed E-state index contributed by atoms with van der Waals surface area (Å²) < 4.78 is 2.32. The van der Waals surface area contributed by atoms with Gasteiger partial charge >= 0.3 is 0 Å². The Balaban J connectivity index is 1.40. The summed E-state index contributed by atoms with van der Waals surface area (Å²) >= 11 is 8.02. The lowest BCUT2D eigenvalue weighted by Gasteiger charge is -2.10. The normalized spacial score (nSPS) is 11.3. The zero-order chi connectivity index (χ0) is 25.5. The van der Waals surface area contributed by atoms with Crippen molar-refractivity contribution < 1.29 is 0 Å². The number of thiophene rings is 1. The average molecular weight is 525 g/mol. The number of halogens is 1. The molecule has 7 rings (SSSR count). The van der Waals surface area contributed by atoms with Gasteiger partial charge in [-0.1, -0.05) is 109 Å². The van der Waals surface area contributed by atoms with Crippen molar-refractivity contribution in [3.05, 3.63) is 132 Å². The molecule has 0 saturated heterocycles. The molecule has 38 heavy (non-hydrogen) atoms. The van der Waals surface area contributed by atoms with E-state index < -0.39 is 0 Å². The topological polar surface area (TPSA) is 25.8 Å². The van der Waals surface area contributed by atoms with E-state index in [1.165, 1.54) is 10.1 Å². The van der Waals surface area contributed by atoms with Gasteiger partial charge in [0.1, 0.15) is 0 Å². The van der Waals surface area contributed by atoms with Crippen LogP contribution in [-0.2, 0) is 0 Å². The highest BCUT2D eigenvalue weighted by Crippen LogP contribution is 2.40. The fraction of sp³-hybridized carbons (Fsp3) is 0. The predicted octanol–water partition coefficient (Wildman–Crippen LogP) is 10.2.